The van der Waals surface area contributed by atoms with Crippen LogP contribution in [-0.4, -0.2) is 29.3 Å². The molecule has 1 fully saturated rings. The van der Waals surface area contributed by atoms with Gasteiger partial charge in [-0.2, -0.15) is 0 Å². The zero-order valence-corrected chi connectivity index (χ0v) is 19.5. The van der Waals surface area contributed by atoms with Crippen LogP contribution in [0.3, 0.4) is 0 Å². The largest absolute Gasteiger partial charge is 0.444 e. The summed E-state index contributed by atoms with van der Waals surface area (Å²) in [5, 5.41) is 1.14. The van der Waals surface area contributed by atoms with E-state index in [1.165, 1.54) is 12.8 Å². The molecule has 3 unspecified atom stereocenters. The molecule has 0 saturated heterocycles. The molecule has 0 spiro atoms. The van der Waals surface area contributed by atoms with Gasteiger partial charge in [-0.15, -0.1) is 11.8 Å². The molecule has 0 amide bonds. The van der Waals surface area contributed by atoms with E-state index in [1.807, 2.05) is 68.0 Å². The zero-order chi connectivity index (χ0) is 21.9. The third-order valence-electron chi connectivity index (χ3n) is 6.14. The van der Waals surface area contributed by atoms with Gasteiger partial charge in [-0.25, -0.2) is 15.0 Å². The molecule has 0 radical (unpaired) electrons. The molecule has 5 rings (SSSR count). The van der Waals surface area contributed by atoms with E-state index in [1.54, 1.807) is 0 Å². The highest BCUT2D eigenvalue weighted by molar-refractivity contribution is 7.99. The molecule has 6 nitrogen and oxygen atoms in total. The van der Waals surface area contributed by atoms with Gasteiger partial charge in [-0.05, 0) is 25.0 Å². The van der Waals surface area contributed by atoms with Crippen molar-refractivity contribution in [3.63, 3.8) is 0 Å². The van der Waals surface area contributed by atoms with Gasteiger partial charge in [0.2, 0.25) is 0 Å². The quantitative estimate of drug-likeness (QED) is 0.309. The minimum absolute atomic E-state index is 0.294. The third kappa shape index (κ3) is 4.50. The average Bonchev–Trinajstić information content (AvgIpc) is 3.55. The molecule has 1 aliphatic rings. The second kappa shape index (κ2) is 9.55. The Hall–Kier alpha value is -2.51. The number of nitrogens with zero attached hydrogens (tertiary/aromatic N) is 5. The molecule has 0 aliphatic heterocycles. The van der Waals surface area contributed by atoms with Crippen molar-refractivity contribution in [2.24, 2.45) is 0 Å². The van der Waals surface area contributed by atoms with Gasteiger partial charge >= 0.3 is 0 Å². The first-order valence-corrected chi connectivity index (χ1v) is 12.4. The second-order valence-electron chi connectivity index (χ2n) is 8.22. The van der Waals surface area contributed by atoms with E-state index < -0.39 is 0 Å². The fourth-order valence-corrected chi connectivity index (χ4v) is 6.22. The Labute approximate surface area is 197 Å². The van der Waals surface area contributed by atoms with E-state index in [9.17, 15) is 0 Å². The summed E-state index contributed by atoms with van der Waals surface area (Å²) in [4.78, 5) is 13.3. The number of halogens is 1. The fourth-order valence-electron chi connectivity index (χ4n) is 4.68. The maximum Gasteiger partial charge on any atom is 0.191 e. The van der Waals surface area contributed by atoms with Crippen LogP contribution in [0.2, 0.25) is 5.02 Å². The van der Waals surface area contributed by atoms with Crippen LogP contribution in [0.15, 0.2) is 66.1 Å². The van der Waals surface area contributed by atoms with Crippen molar-refractivity contribution >= 4 is 23.4 Å². The number of thioether (sulfide) groups is 1. The lowest BCUT2D eigenvalue weighted by Gasteiger charge is -2.33. The first-order chi connectivity index (χ1) is 15.7. The first-order valence-electron chi connectivity index (χ1n) is 11.0. The van der Waals surface area contributed by atoms with Crippen molar-refractivity contribution in [1.29, 1.82) is 0 Å². The fraction of sp³-hybridized carbons (Fsp3) is 0.375. The third-order valence-corrected chi connectivity index (χ3v) is 7.76. The van der Waals surface area contributed by atoms with Crippen LogP contribution < -0.4 is 0 Å². The van der Waals surface area contributed by atoms with E-state index in [-0.39, 0.29) is 0 Å². The minimum atomic E-state index is 0.294. The minimum Gasteiger partial charge on any atom is -0.444 e. The number of aryl methyl sites for hydroxylation is 1. The summed E-state index contributed by atoms with van der Waals surface area (Å²) in [6.07, 6.45) is 16.5. The van der Waals surface area contributed by atoms with Crippen molar-refractivity contribution < 1.29 is 4.42 Å². The van der Waals surface area contributed by atoms with Crippen molar-refractivity contribution in [3.8, 4) is 11.3 Å². The molecule has 3 aromatic heterocycles. The molecule has 32 heavy (non-hydrogen) atoms. The maximum atomic E-state index is 6.08. The maximum absolute atomic E-state index is 6.08. The highest BCUT2D eigenvalue weighted by Crippen LogP contribution is 2.43. The van der Waals surface area contributed by atoms with Gasteiger partial charge in [0.25, 0.3) is 0 Å². The molecule has 1 aliphatic carbocycles. The molecule has 3 atom stereocenters. The van der Waals surface area contributed by atoms with Gasteiger partial charge in [0, 0.05) is 47.5 Å². The van der Waals surface area contributed by atoms with Crippen LogP contribution >= 0.6 is 23.4 Å². The molecule has 1 aromatic carbocycles. The lowest BCUT2D eigenvalue weighted by atomic mass is 10.0. The number of benzene rings is 1. The SMILES string of the molecule is Cc1nc(-c2ccc(Cl)cc2)c(CSC2CCCCC(n3ccnc3)C2n2ccnc2)o1. The Morgan fingerprint density at radius 1 is 1.03 bits per heavy atom. The standard InChI is InChI=1S/C24H26ClN5OS/c1-17-28-23(18-6-8-19(25)9-7-18)21(31-17)14-32-22-5-3-2-4-20(29-12-10-26-15-29)24(22)30-13-11-27-16-30/h6-13,15-16,20,22,24H,2-5,14H2,1H3. The molecular weight excluding hydrogens is 442 g/mol. The number of hydrogen-bond acceptors (Lipinski definition) is 5. The lowest BCUT2D eigenvalue weighted by Crippen LogP contribution is -2.29. The van der Waals surface area contributed by atoms with Crippen LogP contribution in [0.25, 0.3) is 11.3 Å². The number of rotatable bonds is 6. The summed E-state index contributed by atoms with van der Waals surface area (Å²) in [5.74, 6) is 2.38. The Morgan fingerprint density at radius 2 is 1.75 bits per heavy atom. The van der Waals surface area contributed by atoms with Crippen LogP contribution in [-0.2, 0) is 5.75 Å². The summed E-state index contributed by atoms with van der Waals surface area (Å²) < 4.78 is 10.6. The van der Waals surface area contributed by atoms with Gasteiger partial charge < -0.3 is 13.6 Å². The smallest absolute Gasteiger partial charge is 0.191 e. The van der Waals surface area contributed by atoms with Gasteiger partial charge in [-0.3, -0.25) is 0 Å². The second-order valence-corrected chi connectivity index (χ2v) is 9.89. The molecule has 0 N–H and O–H groups in total. The van der Waals surface area contributed by atoms with E-state index in [2.05, 4.69) is 36.5 Å². The van der Waals surface area contributed by atoms with E-state index >= 15 is 0 Å². The average molecular weight is 468 g/mol. The predicted molar refractivity (Wildman–Crippen MR) is 128 cm³/mol. The Kier molecular flexibility index (Phi) is 6.37. The van der Waals surface area contributed by atoms with Crippen LogP contribution in [0.5, 0.6) is 0 Å². The highest BCUT2D eigenvalue weighted by Gasteiger charge is 2.34. The molecule has 166 valence electrons. The Bertz CT molecular complexity index is 1120. The van der Waals surface area contributed by atoms with Crippen LogP contribution in [0.4, 0.5) is 0 Å². The van der Waals surface area contributed by atoms with E-state index in [0.29, 0.717) is 23.2 Å². The van der Waals surface area contributed by atoms with Crippen molar-refractivity contribution in [2.45, 2.75) is 55.7 Å². The monoisotopic (exact) mass is 467 g/mol. The molecule has 4 aromatic rings. The summed E-state index contributed by atoms with van der Waals surface area (Å²) in [7, 11) is 0. The Balaban J connectivity index is 1.42. The summed E-state index contributed by atoms with van der Waals surface area (Å²) >= 11 is 8.04. The summed E-state index contributed by atoms with van der Waals surface area (Å²) in [5.41, 5.74) is 1.94. The van der Waals surface area contributed by atoms with Gasteiger partial charge in [0.15, 0.2) is 5.89 Å². The van der Waals surface area contributed by atoms with Gasteiger partial charge in [-0.1, -0.05) is 36.6 Å². The van der Waals surface area contributed by atoms with Crippen LogP contribution in [0.1, 0.15) is 49.4 Å². The number of imidazole rings is 2. The predicted octanol–water partition coefficient (Wildman–Crippen LogP) is 6.35. The summed E-state index contributed by atoms with van der Waals surface area (Å²) in [6.45, 7) is 1.91. The van der Waals surface area contributed by atoms with Gasteiger partial charge in [0.1, 0.15) is 11.5 Å². The molecule has 8 heteroatoms. The van der Waals surface area contributed by atoms with Crippen molar-refractivity contribution in [1.82, 2.24) is 24.1 Å². The molecule has 0 bridgehead atoms. The number of hydrogen-bond donors (Lipinski definition) is 0. The van der Waals surface area contributed by atoms with E-state index in [4.69, 9.17) is 16.0 Å². The van der Waals surface area contributed by atoms with Crippen LogP contribution in [0, 0.1) is 6.92 Å². The molecule has 1 saturated carbocycles. The Morgan fingerprint density at radius 3 is 2.47 bits per heavy atom. The first kappa shape index (κ1) is 21.3. The highest BCUT2D eigenvalue weighted by atomic mass is 35.5. The van der Waals surface area contributed by atoms with Crippen molar-refractivity contribution in [2.75, 3.05) is 0 Å². The lowest BCUT2D eigenvalue weighted by molar-refractivity contribution is 0.313. The molecule has 3 heterocycles. The van der Waals surface area contributed by atoms with Gasteiger partial charge in [0.05, 0.1) is 30.5 Å². The molecular formula is C24H26ClN5OS. The van der Waals surface area contributed by atoms with E-state index in [0.717, 1.165) is 40.6 Å². The normalized spacial score (nSPS) is 21.5. The number of oxazole rings is 1. The topological polar surface area (TPSA) is 61.7 Å². The zero-order valence-electron chi connectivity index (χ0n) is 18.0. The number of aromatic nitrogens is 5. The summed E-state index contributed by atoms with van der Waals surface area (Å²) in [6, 6.07) is 8.44. The van der Waals surface area contributed by atoms with Crippen molar-refractivity contribution in [3.05, 3.63) is 78.4 Å².